The molecule has 0 aliphatic heterocycles. The molecule has 12 heteroatoms. The molecular weight excluding hydrogens is 420 g/mol. The lowest BCUT2D eigenvalue weighted by molar-refractivity contribution is -0.485. The van der Waals surface area contributed by atoms with Crippen LogP contribution in [0.5, 0.6) is 5.75 Å². The highest BCUT2D eigenvalue weighted by Crippen LogP contribution is 2.12. The van der Waals surface area contributed by atoms with Crippen LogP contribution < -0.4 is 26.4 Å². The predicted molar refractivity (Wildman–Crippen MR) is 118 cm³/mol. The van der Waals surface area contributed by atoms with Gasteiger partial charge in [0.1, 0.15) is 22.5 Å². The zero-order chi connectivity index (χ0) is 24.1. The lowest BCUT2D eigenvalue weighted by Crippen LogP contribution is -2.48. The monoisotopic (exact) mass is 452 g/mol. The van der Waals surface area contributed by atoms with Crippen LogP contribution in [-0.4, -0.2) is 47.8 Å². The van der Waals surface area contributed by atoms with Crippen molar-refractivity contribution in [3.63, 3.8) is 0 Å². The van der Waals surface area contributed by atoms with Crippen molar-refractivity contribution in [3.05, 3.63) is 39.9 Å². The van der Waals surface area contributed by atoms with Crippen molar-refractivity contribution in [2.45, 2.75) is 58.7 Å². The molecule has 0 unspecified atom stereocenters. The van der Waals surface area contributed by atoms with E-state index in [-0.39, 0.29) is 25.5 Å². The van der Waals surface area contributed by atoms with Crippen molar-refractivity contribution < 1.29 is 24.1 Å². The Hall–Kier alpha value is -3.57. The van der Waals surface area contributed by atoms with Gasteiger partial charge in [-0.3, -0.25) is 4.79 Å². The van der Waals surface area contributed by atoms with Crippen LogP contribution in [0.3, 0.4) is 0 Å². The SMILES string of the molecule is CCOc1ccc(CNC(=O)[C@@H](CCCN/C(N)=N\[N+](=O)[O-])NC(=O)OC(C)(C)C)cc1. The minimum atomic E-state index is -0.913. The molecule has 0 heterocycles. The number of carbonyl (C=O) groups is 2. The van der Waals surface area contributed by atoms with Crippen LogP contribution in [0.1, 0.15) is 46.1 Å². The van der Waals surface area contributed by atoms with Gasteiger partial charge in [0, 0.05) is 13.1 Å². The number of rotatable bonds is 11. The number of nitrogens with zero attached hydrogens (tertiary/aromatic N) is 2. The number of benzene rings is 1. The Kier molecular flexibility index (Phi) is 10.7. The van der Waals surface area contributed by atoms with Crippen LogP contribution in [0.15, 0.2) is 29.4 Å². The van der Waals surface area contributed by atoms with Gasteiger partial charge in [0.2, 0.25) is 5.91 Å². The van der Waals surface area contributed by atoms with Crippen molar-refractivity contribution in [2.24, 2.45) is 10.8 Å². The molecular formula is C20H32N6O6. The van der Waals surface area contributed by atoms with Crippen LogP contribution in [0, 0.1) is 10.1 Å². The summed E-state index contributed by atoms with van der Waals surface area (Å²) in [7, 11) is 0. The second kappa shape index (κ2) is 13.0. The van der Waals surface area contributed by atoms with Crippen LogP contribution in [-0.2, 0) is 16.1 Å². The Labute approximate surface area is 187 Å². The number of guanidine groups is 1. The summed E-state index contributed by atoms with van der Waals surface area (Å²) >= 11 is 0. The van der Waals surface area contributed by atoms with Crippen LogP contribution in [0.25, 0.3) is 0 Å². The first-order valence-corrected chi connectivity index (χ1v) is 10.2. The molecule has 0 saturated heterocycles. The molecule has 1 atom stereocenters. The zero-order valence-corrected chi connectivity index (χ0v) is 18.8. The molecule has 1 aromatic rings. The fourth-order valence-electron chi connectivity index (χ4n) is 2.55. The summed E-state index contributed by atoms with van der Waals surface area (Å²) in [6.45, 7) is 8.09. The maximum absolute atomic E-state index is 12.7. The van der Waals surface area contributed by atoms with Gasteiger partial charge in [0.25, 0.3) is 5.96 Å². The molecule has 0 fully saturated rings. The molecule has 178 valence electrons. The molecule has 0 aliphatic carbocycles. The predicted octanol–water partition coefficient (Wildman–Crippen LogP) is 1.47. The number of nitrogens with two attached hydrogens (primary N) is 1. The summed E-state index contributed by atoms with van der Waals surface area (Å²) in [5.41, 5.74) is 5.51. The first-order valence-electron chi connectivity index (χ1n) is 10.2. The normalized spacial score (nSPS) is 12.4. The topological polar surface area (TPSA) is 170 Å². The van der Waals surface area contributed by atoms with E-state index < -0.39 is 28.7 Å². The van der Waals surface area contributed by atoms with Crippen molar-refractivity contribution in [3.8, 4) is 5.75 Å². The maximum Gasteiger partial charge on any atom is 0.408 e. The Morgan fingerprint density at radius 1 is 1.22 bits per heavy atom. The minimum Gasteiger partial charge on any atom is -0.494 e. The van der Waals surface area contributed by atoms with Gasteiger partial charge < -0.3 is 31.2 Å². The van der Waals surface area contributed by atoms with E-state index in [0.29, 0.717) is 13.0 Å². The third-order valence-corrected chi connectivity index (χ3v) is 3.87. The van der Waals surface area contributed by atoms with Gasteiger partial charge in [0.05, 0.1) is 6.61 Å². The van der Waals surface area contributed by atoms with Gasteiger partial charge in [-0.1, -0.05) is 12.1 Å². The molecule has 5 N–H and O–H groups in total. The number of ether oxygens (including phenoxy) is 2. The summed E-state index contributed by atoms with van der Waals surface area (Å²) in [5.74, 6) is 0.00251. The van der Waals surface area contributed by atoms with E-state index in [9.17, 15) is 19.7 Å². The molecule has 0 aliphatic rings. The quantitative estimate of drug-likeness (QED) is 0.129. The van der Waals surface area contributed by atoms with Gasteiger partial charge in [-0.25, -0.2) is 14.9 Å². The van der Waals surface area contributed by atoms with E-state index in [1.165, 1.54) is 0 Å². The first-order chi connectivity index (χ1) is 15.0. The minimum absolute atomic E-state index is 0.224. The first kappa shape index (κ1) is 26.5. The number of nitro groups is 1. The highest BCUT2D eigenvalue weighted by Gasteiger charge is 2.24. The molecule has 32 heavy (non-hydrogen) atoms. The van der Waals surface area contributed by atoms with E-state index in [1.54, 1.807) is 20.8 Å². The van der Waals surface area contributed by atoms with Gasteiger partial charge in [-0.15, -0.1) is 0 Å². The summed E-state index contributed by atoms with van der Waals surface area (Å²) in [6.07, 6.45) is -0.0982. The second-order valence-electron chi connectivity index (χ2n) is 7.79. The number of carbonyl (C=O) groups excluding carboxylic acids is 2. The van der Waals surface area contributed by atoms with Gasteiger partial charge in [-0.2, -0.15) is 0 Å². The molecule has 1 rings (SSSR count). The van der Waals surface area contributed by atoms with Crippen LogP contribution in [0.4, 0.5) is 4.79 Å². The molecule has 0 aromatic heterocycles. The molecule has 1 aromatic carbocycles. The smallest absolute Gasteiger partial charge is 0.408 e. The van der Waals surface area contributed by atoms with Crippen molar-refractivity contribution in [1.29, 1.82) is 0 Å². The molecule has 0 spiro atoms. The standard InChI is InChI=1S/C20H32N6O6/c1-5-31-15-10-8-14(9-11-15)13-23-17(27)16(24-19(28)32-20(2,3)4)7-6-12-22-18(21)25-26(29)30/h8-11,16H,5-7,12-13H2,1-4H3,(H,23,27)(H,24,28)(H3,21,22,25)/t16-/m1/s1. The average molecular weight is 453 g/mol. The van der Waals surface area contributed by atoms with Gasteiger partial charge in [-0.05, 0) is 58.2 Å². The second-order valence-corrected chi connectivity index (χ2v) is 7.79. The van der Waals surface area contributed by atoms with Crippen LogP contribution in [0.2, 0.25) is 0 Å². The molecule has 0 saturated carbocycles. The van der Waals surface area contributed by atoms with E-state index in [1.807, 2.05) is 31.2 Å². The molecule has 0 bridgehead atoms. The summed E-state index contributed by atoms with van der Waals surface area (Å²) in [6, 6.07) is 6.42. The molecule has 0 radical (unpaired) electrons. The highest BCUT2D eigenvalue weighted by atomic mass is 16.7. The Morgan fingerprint density at radius 3 is 2.44 bits per heavy atom. The number of hydrazone groups is 1. The lowest BCUT2D eigenvalue weighted by Gasteiger charge is -2.23. The largest absolute Gasteiger partial charge is 0.494 e. The van der Waals surface area contributed by atoms with Crippen molar-refractivity contribution >= 4 is 18.0 Å². The number of hydrogen-bond acceptors (Lipinski definition) is 6. The Bertz CT molecular complexity index is 791. The summed E-state index contributed by atoms with van der Waals surface area (Å²) in [5, 5.41) is 20.2. The Balaban J connectivity index is 2.67. The zero-order valence-electron chi connectivity index (χ0n) is 18.8. The van der Waals surface area contributed by atoms with Crippen molar-refractivity contribution in [1.82, 2.24) is 16.0 Å². The number of amides is 2. The summed E-state index contributed by atoms with van der Waals surface area (Å²) < 4.78 is 10.6. The number of nitrogens with one attached hydrogen (secondary N) is 3. The number of hydrogen-bond donors (Lipinski definition) is 4. The third kappa shape index (κ3) is 11.6. The molecule has 12 nitrogen and oxygen atoms in total. The average Bonchev–Trinajstić information content (AvgIpc) is 2.67. The van der Waals surface area contributed by atoms with E-state index in [4.69, 9.17) is 15.2 Å². The van der Waals surface area contributed by atoms with E-state index in [2.05, 4.69) is 21.1 Å². The fraction of sp³-hybridized carbons (Fsp3) is 0.550. The van der Waals surface area contributed by atoms with Gasteiger partial charge in [0.15, 0.2) is 5.03 Å². The van der Waals surface area contributed by atoms with Crippen LogP contribution >= 0.6 is 0 Å². The van der Waals surface area contributed by atoms with E-state index in [0.717, 1.165) is 11.3 Å². The van der Waals surface area contributed by atoms with Gasteiger partial charge >= 0.3 is 6.09 Å². The van der Waals surface area contributed by atoms with E-state index >= 15 is 0 Å². The van der Waals surface area contributed by atoms with Crippen molar-refractivity contribution in [2.75, 3.05) is 13.2 Å². The maximum atomic E-state index is 12.7. The number of alkyl carbamates (subject to hydrolysis) is 1. The molecule has 2 amide bonds. The Morgan fingerprint density at radius 2 is 1.88 bits per heavy atom. The third-order valence-electron chi connectivity index (χ3n) is 3.87. The fourth-order valence-corrected chi connectivity index (χ4v) is 2.55. The lowest BCUT2D eigenvalue weighted by atomic mass is 10.1. The highest BCUT2D eigenvalue weighted by molar-refractivity contribution is 5.85. The summed E-state index contributed by atoms with van der Waals surface area (Å²) in [4.78, 5) is 35.1.